The molecule has 0 aromatic heterocycles. The zero-order valence-corrected chi connectivity index (χ0v) is 14.8. The number of aliphatic carboxylic acids is 1. The second kappa shape index (κ2) is 9.87. The molecule has 0 saturated heterocycles. The standard InChI is InChI=1S/C20H21ClO4/c1-15-4-10-18(11-5-15)25-19(20(22)23)12-14-24-13-2-3-16-6-8-17(21)9-7-16/h2-11,19H,12-14H2,1H3,(H,22,23). The summed E-state index contributed by atoms with van der Waals surface area (Å²) in [4.78, 5) is 11.3. The molecule has 2 rings (SSSR count). The van der Waals surface area contributed by atoms with E-state index in [1.165, 1.54) is 0 Å². The Labute approximate surface area is 152 Å². The average molecular weight is 361 g/mol. The Balaban J connectivity index is 1.73. The summed E-state index contributed by atoms with van der Waals surface area (Å²) in [5, 5.41) is 9.95. The second-order valence-corrected chi connectivity index (χ2v) is 6.01. The lowest BCUT2D eigenvalue weighted by Gasteiger charge is -2.15. The van der Waals surface area contributed by atoms with Gasteiger partial charge in [0.2, 0.25) is 0 Å². The van der Waals surface area contributed by atoms with Crippen LogP contribution in [0.4, 0.5) is 0 Å². The van der Waals surface area contributed by atoms with Crippen LogP contribution in [0.2, 0.25) is 5.02 Å². The predicted octanol–water partition coefficient (Wildman–Crippen LogP) is 4.60. The van der Waals surface area contributed by atoms with Gasteiger partial charge in [-0.1, -0.05) is 53.6 Å². The molecular weight excluding hydrogens is 340 g/mol. The summed E-state index contributed by atoms with van der Waals surface area (Å²) in [7, 11) is 0. The van der Waals surface area contributed by atoms with Crippen LogP contribution < -0.4 is 4.74 Å². The van der Waals surface area contributed by atoms with Gasteiger partial charge in [0.05, 0.1) is 13.2 Å². The van der Waals surface area contributed by atoms with Gasteiger partial charge in [0, 0.05) is 11.4 Å². The fourth-order valence-electron chi connectivity index (χ4n) is 2.11. The van der Waals surface area contributed by atoms with Crippen LogP contribution in [-0.4, -0.2) is 30.4 Å². The van der Waals surface area contributed by atoms with E-state index in [-0.39, 0.29) is 6.42 Å². The highest BCUT2D eigenvalue weighted by molar-refractivity contribution is 6.30. The third-order valence-corrected chi connectivity index (χ3v) is 3.75. The van der Waals surface area contributed by atoms with Gasteiger partial charge in [0.25, 0.3) is 0 Å². The number of halogens is 1. The molecule has 5 heteroatoms. The van der Waals surface area contributed by atoms with Crippen molar-refractivity contribution >= 4 is 23.6 Å². The van der Waals surface area contributed by atoms with Crippen molar-refractivity contribution in [1.29, 1.82) is 0 Å². The quantitative estimate of drug-likeness (QED) is 0.664. The Morgan fingerprint density at radius 2 is 1.84 bits per heavy atom. The van der Waals surface area contributed by atoms with Crippen molar-refractivity contribution in [3.63, 3.8) is 0 Å². The number of benzene rings is 2. The maximum absolute atomic E-state index is 11.3. The lowest BCUT2D eigenvalue weighted by molar-refractivity contribution is -0.145. The van der Waals surface area contributed by atoms with Crippen LogP contribution >= 0.6 is 11.6 Å². The molecule has 0 amide bonds. The minimum atomic E-state index is -0.999. The molecule has 0 aliphatic heterocycles. The lowest BCUT2D eigenvalue weighted by atomic mass is 10.2. The first kappa shape index (κ1) is 19.0. The van der Waals surface area contributed by atoms with Gasteiger partial charge in [-0.05, 0) is 36.8 Å². The number of hydrogen-bond donors (Lipinski definition) is 1. The number of carboxylic acid groups (broad SMARTS) is 1. The summed E-state index contributed by atoms with van der Waals surface area (Å²) in [6.45, 7) is 2.66. The Bertz CT molecular complexity index is 693. The van der Waals surface area contributed by atoms with Gasteiger partial charge in [-0.3, -0.25) is 0 Å². The molecule has 25 heavy (non-hydrogen) atoms. The van der Waals surface area contributed by atoms with E-state index < -0.39 is 12.1 Å². The summed E-state index contributed by atoms with van der Waals surface area (Å²) >= 11 is 5.83. The molecule has 2 aromatic carbocycles. The summed E-state index contributed by atoms with van der Waals surface area (Å²) in [6, 6.07) is 14.8. The van der Waals surface area contributed by atoms with Crippen molar-refractivity contribution in [2.24, 2.45) is 0 Å². The zero-order valence-electron chi connectivity index (χ0n) is 14.0. The smallest absolute Gasteiger partial charge is 0.344 e. The first-order valence-electron chi connectivity index (χ1n) is 8.00. The van der Waals surface area contributed by atoms with E-state index in [4.69, 9.17) is 21.1 Å². The summed E-state index contributed by atoms with van der Waals surface area (Å²) in [5.74, 6) is -0.457. The second-order valence-electron chi connectivity index (χ2n) is 5.58. The molecular formula is C20H21ClO4. The SMILES string of the molecule is Cc1ccc(OC(CCOCC=Cc2ccc(Cl)cc2)C(=O)O)cc1. The molecule has 0 aliphatic carbocycles. The molecule has 132 valence electrons. The molecule has 0 bridgehead atoms. The van der Waals surface area contributed by atoms with E-state index in [0.29, 0.717) is 24.0 Å². The maximum Gasteiger partial charge on any atom is 0.344 e. The third kappa shape index (κ3) is 6.99. The van der Waals surface area contributed by atoms with Crippen molar-refractivity contribution in [3.8, 4) is 5.75 Å². The van der Waals surface area contributed by atoms with Gasteiger partial charge in [0.1, 0.15) is 5.75 Å². The number of aryl methyl sites for hydroxylation is 1. The van der Waals surface area contributed by atoms with Crippen LogP contribution in [0.5, 0.6) is 5.75 Å². The first-order chi connectivity index (χ1) is 12.0. The van der Waals surface area contributed by atoms with Gasteiger partial charge in [-0.2, -0.15) is 0 Å². The van der Waals surface area contributed by atoms with Crippen molar-refractivity contribution in [3.05, 3.63) is 70.8 Å². The fourth-order valence-corrected chi connectivity index (χ4v) is 2.24. The minimum Gasteiger partial charge on any atom is -0.479 e. The molecule has 1 atom stereocenters. The minimum absolute atomic E-state index is 0.276. The van der Waals surface area contributed by atoms with Crippen molar-refractivity contribution in [2.75, 3.05) is 13.2 Å². The van der Waals surface area contributed by atoms with Gasteiger partial charge in [-0.15, -0.1) is 0 Å². The molecule has 0 aliphatic rings. The molecule has 0 fully saturated rings. The van der Waals surface area contributed by atoms with E-state index >= 15 is 0 Å². The topological polar surface area (TPSA) is 55.8 Å². The summed E-state index contributed by atoms with van der Waals surface area (Å²) < 4.78 is 11.0. The van der Waals surface area contributed by atoms with Gasteiger partial charge in [-0.25, -0.2) is 4.79 Å². The van der Waals surface area contributed by atoms with Crippen LogP contribution in [0.1, 0.15) is 17.5 Å². The molecule has 1 N–H and O–H groups in total. The molecule has 4 nitrogen and oxygen atoms in total. The predicted molar refractivity (Wildman–Crippen MR) is 99.2 cm³/mol. The van der Waals surface area contributed by atoms with Gasteiger partial charge >= 0.3 is 5.97 Å². The van der Waals surface area contributed by atoms with Crippen LogP contribution in [0.15, 0.2) is 54.6 Å². The van der Waals surface area contributed by atoms with E-state index in [0.717, 1.165) is 11.1 Å². The van der Waals surface area contributed by atoms with Crippen molar-refractivity contribution in [1.82, 2.24) is 0 Å². The molecule has 0 saturated carbocycles. The first-order valence-corrected chi connectivity index (χ1v) is 8.38. The third-order valence-electron chi connectivity index (χ3n) is 3.49. The Morgan fingerprint density at radius 1 is 1.16 bits per heavy atom. The monoisotopic (exact) mass is 360 g/mol. The molecule has 0 spiro atoms. The number of ether oxygens (including phenoxy) is 2. The highest BCUT2D eigenvalue weighted by atomic mass is 35.5. The number of rotatable bonds is 9. The van der Waals surface area contributed by atoms with E-state index in [1.54, 1.807) is 12.1 Å². The van der Waals surface area contributed by atoms with Crippen LogP contribution in [-0.2, 0) is 9.53 Å². The van der Waals surface area contributed by atoms with Crippen molar-refractivity contribution < 1.29 is 19.4 Å². The van der Waals surface area contributed by atoms with E-state index in [9.17, 15) is 9.90 Å². The Morgan fingerprint density at radius 3 is 2.48 bits per heavy atom. The molecule has 0 heterocycles. The Kier molecular flexibility index (Phi) is 7.51. The molecule has 2 aromatic rings. The number of hydrogen-bond acceptors (Lipinski definition) is 3. The average Bonchev–Trinajstić information content (AvgIpc) is 2.60. The van der Waals surface area contributed by atoms with Crippen LogP contribution in [0, 0.1) is 6.92 Å². The molecule has 1 unspecified atom stereocenters. The van der Waals surface area contributed by atoms with E-state index in [1.807, 2.05) is 55.5 Å². The Hall–Kier alpha value is -2.30. The summed E-state index contributed by atoms with van der Waals surface area (Å²) in [5.41, 5.74) is 2.12. The largest absolute Gasteiger partial charge is 0.479 e. The van der Waals surface area contributed by atoms with E-state index in [2.05, 4.69) is 0 Å². The molecule has 0 radical (unpaired) electrons. The van der Waals surface area contributed by atoms with Gasteiger partial charge < -0.3 is 14.6 Å². The highest BCUT2D eigenvalue weighted by Gasteiger charge is 2.19. The number of carbonyl (C=O) groups is 1. The van der Waals surface area contributed by atoms with Crippen LogP contribution in [0.3, 0.4) is 0 Å². The van der Waals surface area contributed by atoms with Gasteiger partial charge in [0.15, 0.2) is 6.10 Å². The normalized spacial score (nSPS) is 12.2. The zero-order chi connectivity index (χ0) is 18.1. The number of carboxylic acids is 1. The maximum atomic E-state index is 11.3. The van der Waals surface area contributed by atoms with Crippen molar-refractivity contribution in [2.45, 2.75) is 19.4 Å². The van der Waals surface area contributed by atoms with Crippen LogP contribution in [0.25, 0.3) is 6.08 Å². The summed E-state index contributed by atoms with van der Waals surface area (Å²) in [6.07, 6.45) is 3.15. The fraction of sp³-hybridized carbons (Fsp3) is 0.250. The highest BCUT2D eigenvalue weighted by Crippen LogP contribution is 2.15. The lowest BCUT2D eigenvalue weighted by Crippen LogP contribution is -2.28.